The van der Waals surface area contributed by atoms with Gasteiger partial charge in [-0.3, -0.25) is 4.90 Å². The van der Waals surface area contributed by atoms with E-state index in [1.165, 1.54) is 25.5 Å². The molecule has 86 valence electrons. The highest BCUT2D eigenvalue weighted by molar-refractivity contribution is 5.79. The van der Waals surface area contributed by atoms with E-state index in [0.717, 1.165) is 6.54 Å². The highest BCUT2D eigenvalue weighted by Gasteiger charge is 2.19. The molecule has 1 rings (SSSR count). The number of aliphatic carboxylic acids is 1. The molecule has 0 radical (unpaired) electrons. The molecule has 0 bridgehead atoms. The molecular weight excluding hydrogens is 192 g/mol. The third-order valence-electron chi connectivity index (χ3n) is 2.88. The molecule has 0 saturated carbocycles. The maximum atomic E-state index is 10.3. The summed E-state index contributed by atoms with van der Waals surface area (Å²) in [4.78, 5) is 14.8. The van der Waals surface area contributed by atoms with Crippen LogP contribution in [0, 0.1) is 0 Å². The Morgan fingerprint density at radius 3 is 3.00 bits per heavy atom. The number of likely N-dealkylation sites (tertiary alicyclic amines) is 1. The van der Waals surface area contributed by atoms with Crippen molar-refractivity contribution in [1.82, 2.24) is 9.80 Å². The van der Waals surface area contributed by atoms with Gasteiger partial charge in [0.1, 0.15) is 0 Å². The molecule has 4 nitrogen and oxygen atoms in total. The fourth-order valence-corrected chi connectivity index (χ4v) is 1.97. The Bertz CT molecular complexity index is 241. The Morgan fingerprint density at radius 2 is 2.40 bits per heavy atom. The standard InChI is InChI=1S/C11H20N2O2/c1-12-7-3-5-10(9-12)13(2)8-4-6-11(14)15/h4,6,10H,3,5,7-9H2,1-2H3,(H,14,15)/b6-4+. The average molecular weight is 212 g/mol. The summed E-state index contributed by atoms with van der Waals surface area (Å²) in [6.45, 7) is 2.97. The number of hydrogen-bond donors (Lipinski definition) is 1. The summed E-state index contributed by atoms with van der Waals surface area (Å²) in [5.41, 5.74) is 0. The van der Waals surface area contributed by atoms with Crippen LogP contribution in [0.4, 0.5) is 0 Å². The maximum absolute atomic E-state index is 10.3. The second-order valence-electron chi connectivity index (χ2n) is 4.24. The lowest BCUT2D eigenvalue weighted by Crippen LogP contribution is -2.44. The molecule has 1 atom stereocenters. The van der Waals surface area contributed by atoms with Gasteiger partial charge in [-0.05, 0) is 33.5 Å². The average Bonchev–Trinajstić information content (AvgIpc) is 2.17. The van der Waals surface area contributed by atoms with E-state index in [-0.39, 0.29) is 0 Å². The van der Waals surface area contributed by atoms with E-state index in [1.807, 2.05) is 0 Å². The Hall–Kier alpha value is -0.870. The van der Waals surface area contributed by atoms with Gasteiger partial charge in [-0.2, -0.15) is 0 Å². The van der Waals surface area contributed by atoms with Crippen LogP contribution in [-0.4, -0.2) is 60.6 Å². The van der Waals surface area contributed by atoms with Crippen LogP contribution < -0.4 is 0 Å². The van der Waals surface area contributed by atoms with E-state index < -0.39 is 5.97 Å². The molecule has 15 heavy (non-hydrogen) atoms. The molecule has 1 aliphatic heterocycles. The number of likely N-dealkylation sites (N-methyl/N-ethyl adjacent to an activating group) is 2. The SMILES string of the molecule is CN1CCCC(N(C)C/C=C/C(=O)O)C1. The summed E-state index contributed by atoms with van der Waals surface area (Å²) < 4.78 is 0. The summed E-state index contributed by atoms with van der Waals surface area (Å²) in [7, 11) is 4.18. The van der Waals surface area contributed by atoms with Gasteiger partial charge in [0.25, 0.3) is 0 Å². The van der Waals surface area contributed by atoms with Gasteiger partial charge >= 0.3 is 5.97 Å². The zero-order chi connectivity index (χ0) is 11.3. The van der Waals surface area contributed by atoms with Gasteiger partial charge in [-0.1, -0.05) is 6.08 Å². The lowest BCUT2D eigenvalue weighted by atomic mass is 10.1. The Labute approximate surface area is 91.2 Å². The first kappa shape index (κ1) is 12.2. The molecule has 4 heteroatoms. The number of nitrogens with zero attached hydrogens (tertiary/aromatic N) is 2. The summed E-state index contributed by atoms with van der Waals surface area (Å²) >= 11 is 0. The van der Waals surface area contributed by atoms with E-state index in [4.69, 9.17) is 5.11 Å². The van der Waals surface area contributed by atoms with Crippen LogP contribution in [0.5, 0.6) is 0 Å². The van der Waals surface area contributed by atoms with Crippen LogP contribution in [0.2, 0.25) is 0 Å². The summed E-state index contributed by atoms with van der Waals surface area (Å²) in [5.74, 6) is -0.871. The molecule has 0 amide bonds. The van der Waals surface area contributed by atoms with Gasteiger partial charge in [0, 0.05) is 25.2 Å². The van der Waals surface area contributed by atoms with Crippen molar-refractivity contribution in [3.63, 3.8) is 0 Å². The highest BCUT2D eigenvalue weighted by Crippen LogP contribution is 2.12. The van der Waals surface area contributed by atoms with E-state index >= 15 is 0 Å². The van der Waals surface area contributed by atoms with Crippen LogP contribution in [0.25, 0.3) is 0 Å². The van der Waals surface area contributed by atoms with Gasteiger partial charge < -0.3 is 10.0 Å². The van der Waals surface area contributed by atoms with Gasteiger partial charge in [-0.25, -0.2) is 4.79 Å². The van der Waals surface area contributed by atoms with Gasteiger partial charge in [0.15, 0.2) is 0 Å². The number of carboxylic acids is 1. The molecule has 0 aromatic heterocycles. The number of hydrogen-bond acceptors (Lipinski definition) is 3. The van der Waals surface area contributed by atoms with Crippen LogP contribution in [0.3, 0.4) is 0 Å². The van der Waals surface area contributed by atoms with Crippen molar-refractivity contribution < 1.29 is 9.90 Å². The second kappa shape index (κ2) is 5.88. The molecule has 1 fully saturated rings. The van der Waals surface area contributed by atoms with Crippen molar-refractivity contribution in [3.05, 3.63) is 12.2 Å². The van der Waals surface area contributed by atoms with Crippen LogP contribution in [0.15, 0.2) is 12.2 Å². The molecule has 1 aliphatic rings. The second-order valence-corrected chi connectivity index (χ2v) is 4.24. The van der Waals surface area contributed by atoms with Crippen molar-refractivity contribution in [2.75, 3.05) is 33.7 Å². The smallest absolute Gasteiger partial charge is 0.328 e. The highest BCUT2D eigenvalue weighted by atomic mass is 16.4. The zero-order valence-corrected chi connectivity index (χ0v) is 9.52. The number of carbonyl (C=O) groups is 1. The molecule has 0 aliphatic carbocycles. The number of rotatable bonds is 4. The fourth-order valence-electron chi connectivity index (χ4n) is 1.97. The topological polar surface area (TPSA) is 43.8 Å². The third kappa shape index (κ3) is 4.44. The van der Waals surface area contributed by atoms with E-state index in [0.29, 0.717) is 12.6 Å². The molecule has 1 unspecified atom stereocenters. The molecule has 0 spiro atoms. The van der Waals surface area contributed by atoms with Crippen LogP contribution >= 0.6 is 0 Å². The normalized spacial score (nSPS) is 23.8. The minimum atomic E-state index is -0.871. The molecule has 1 heterocycles. The van der Waals surface area contributed by atoms with E-state index in [2.05, 4.69) is 23.9 Å². The predicted molar refractivity (Wildman–Crippen MR) is 59.9 cm³/mol. The Balaban J connectivity index is 2.32. The fraction of sp³-hybridized carbons (Fsp3) is 0.727. The molecular formula is C11H20N2O2. The van der Waals surface area contributed by atoms with Crippen LogP contribution in [-0.2, 0) is 4.79 Å². The quantitative estimate of drug-likeness (QED) is 0.695. The first-order valence-corrected chi connectivity index (χ1v) is 5.38. The van der Waals surface area contributed by atoms with Gasteiger partial charge in [0.05, 0.1) is 0 Å². The van der Waals surface area contributed by atoms with E-state index in [9.17, 15) is 4.79 Å². The van der Waals surface area contributed by atoms with Crippen molar-refractivity contribution in [1.29, 1.82) is 0 Å². The Morgan fingerprint density at radius 1 is 1.67 bits per heavy atom. The van der Waals surface area contributed by atoms with Crippen molar-refractivity contribution in [3.8, 4) is 0 Å². The largest absolute Gasteiger partial charge is 0.478 e. The lowest BCUT2D eigenvalue weighted by Gasteiger charge is -2.35. The lowest BCUT2D eigenvalue weighted by molar-refractivity contribution is -0.131. The third-order valence-corrected chi connectivity index (χ3v) is 2.88. The first-order valence-electron chi connectivity index (χ1n) is 5.38. The molecule has 1 N–H and O–H groups in total. The van der Waals surface area contributed by atoms with Crippen LogP contribution in [0.1, 0.15) is 12.8 Å². The molecule has 0 aromatic carbocycles. The Kier molecular flexibility index (Phi) is 4.78. The van der Waals surface area contributed by atoms with Gasteiger partial charge in [-0.15, -0.1) is 0 Å². The van der Waals surface area contributed by atoms with Crippen molar-refractivity contribution in [2.24, 2.45) is 0 Å². The minimum absolute atomic E-state index is 0.558. The summed E-state index contributed by atoms with van der Waals surface area (Å²) in [5, 5.41) is 8.47. The zero-order valence-electron chi connectivity index (χ0n) is 9.52. The maximum Gasteiger partial charge on any atom is 0.328 e. The molecule has 0 aromatic rings. The predicted octanol–water partition coefficient (Wildman–Crippen LogP) is 0.653. The van der Waals surface area contributed by atoms with Crippen molar-refractivity contribution in [2.45, 2.75) is 18.9 Å². The monoisotopic (exact) mass is 212 g/mol. The number of piperidine rings is 1. The van der Waals surface area contributed by atoms with E-state index in [1.54, 1.807) is 6.08 Å². The minimum Gasteiger partial charge on any atom is -0.478 e. The summed E-state index contributed by atoms with van der Waals surface area (Å²) in [6, 6.07) is 0.558. The number of carboxylic acid groups (broad SMARTS) is 1. The van der Waals surface area contributed by atoms with Gasteiger partial charge in [0.2, 0.25) is 0 Å². The molecule has 1 saturated heterocycles. The first-order chi connectivity index (χ1) is 7.09. The summed E-state index contributed by atoms with van der Waals surface area (Å²) in [6.07, 6.45) is 5.36. The van der Waals surface area contributed by atoms with Crippen molar-refractivity contribution >= 4 is 5.97 Å².